The van der Waals surface area contributed by atoms with Gasteiger partial charge in [0.25, 0.3) is 0 Å². The molecule has 2 rings (SSSR count). The molecule has 1 amide bonds. The molecule has 0 N–H and O–H groups in total. The Morgan fingerprint density at radius 2 is 2.00 bits per heavy atom. The third-order valence-corrected chi connectivity index (χ3v) is 4.04. The van der Waals surface area contributed by atoms with Crippen molar-refractivity contribution in [2.24, 2.45) is 0 Å². The van der Waals surface area contributed by atoms with E-state index in [1.807, 2.05) is 23.1 Å². The molecule has 0 spiro atoms. The van der Waals surface area contributed by atoms with Crippen LogP contribution in [0.25, 0.3) is 0 Å². The van der Waals surface area contributed by atoms with Crippen molar-refractivity contribution in [2.45, 2.75) is 32.9 Å². The first-order valence-corrected chi connectivity index (χ1v) is 7.18. The maximum Gasteiger partial charge on any atom is 0.220 e. The average Bonchev–Trinajstić information content (AvgIpc) is 2.46. The summed E-state index contributed by atoms with van der Waals surface area (Å²) in [5, 5.41) is 0. The smallest absolute Gasteiger partial charge is 0.220 e. The maximum atomic E-state index is 11.9. The van der Waals surface area contributed by atoms with Gasteiger partial charge in [-0.25, -0.2) is 0 Å². The molecule has 20 heavy (non-hydrogen) atoms. The molecule has 0 radical (unpaired) electrons. The molecule has 1 aliphatic rings. The van der Waals surface area contributed by atoms with E-state index in [0.717, 1.165) is 30.9 Å². The second kappa shape index (κ2) is 6.27. The van der Waals surface area contributed by atoms with Crippen molar-refractivity contribution in [2.75, 3.05) is 26.7 Å². The number of amides is 1. The number of carbonyl (C=O) groups excluding carboxylic acids is 1. The van der Waals surface area contributed by atoms with E-state index in [0.29, 0.717) is 6.04 Å². The van der Waals surface area contributed by atoms with E-state index in [-0.39, 0.29) is 11.9 Å². The van der Waals surface area contributed by atoms with Crippen LogP contribution in [0.5, 0.6) is 5.75 Å². The van der Waals surface area contributed by atoms with Crippen LogP contribution >= 0.6 is 0 Å². The molecule has 0 unspecified atom stereocenters. The van der Waals surface area contributed by atoms with Gasteiger partial charge in [0, 0.05) is 38.2 Å². The van der Waals surface area contributed by atoms with Crippen molar-refractivity contribution in [1.82, 2.24) is 9.80 Å². The minimum atomic E-state index is 0.0693. The minimum Gasteiger partial charge on any atom is -0.496 e. The van der Waals surface area contributed by atoms with Crippen LogP contribution in [0, 0.1) is 0 Å². The molecule has 0 bridgehead atoms. The Labute approximate surface area is 121 Å². The van der Waals surface area contributed by atoms with Crippen molar-refractivity contribution in [1.29, 1.82) is 0 Å². The standard InChI is InChI=1S/C16H24N2O2/c1-12(2)17-9-10-18(13(3)19)15(11-17)14-7-5-6-8-16(14)20-4/h5-8,12,15H,9-11H2,1-4H3/t15-/m0/s1. The van der Waals surface area contributed by atoms with Crippen LogP contribution in [0.1, 0.15) is 32.4 Å². The molecule has 1 heterocycles. The van der Waals surface area contributed by atoms with Crippen molar-refractivity contribution in [3.05, 3.63) is 29.8 Å². The van der Waals surface area contributed by atoms with Crippen molar-refractivity contribution < 1.29 is 9.53 Å². The lowest BCUT2D eigenvalue weighted by Crippen LogP contribution is -2.52. The van der Waals surface area contributed by atoms with Crippen LogP contribution in [0.2, 0.25) is 0 Å². The highest BCUT2D eigenvalue weighted by atomic mass is 16.5. The number of para-hydroxylation sites is 1. The summed E-state index contributed by atoms with van der Waals surface area (Å²) < 4.78 is 5.47. The van der Waals surface area contributed by atoms with Crippen molar-refractivity contribution in [3.8, 4) is 5.75 Å². The average molecular weight is 276 g/mol. The van der Waals surface area contributed by atoms with Gasteiger partial charge in [0.05, 0.1) is 13.2 Å². The second-order valence-electron chi connectivity index (χ2n) is 5.56. The molecular weight excluding hydrogens is 252 g/mol. The zero-order valence-corrected chi connectivity index (χ0v) is 12.8. The summed E-state index contributed by atoms with van der Waals surface area (Å²) in [6.07, 6.45) is 0. The normalized spacial score (nSPS) is 20.2. The molecule has 0 saturated carbocycles. The molecule has 1 aliphatic heterocycles. The number of methoxy groups -OCH3 is 1. The van der Waals surface area contributed by atoms with Crippen LogP contribution in [0.15, 0.2) is 24.3 Å². The van der Waals surface area contributed by atoms with E-state index in [1.54, 1.807) is 14.0 Å². The molecular formula is C16H24N2O2. The minimum absolute atomic E-state index is 0.0693. The van der Waals surface area contributed by atoms with Gasteiger partial charge in [-0.05, 0) is 19.9 Å². The predicted octanol–water partition coefficient (Wildman–Crippen LogP) is 2.31. The van der Waals surface area contributed by atoms with E-state index >= 15 is 0 Å². The fraction of sp³-hybridized carbons (Fsp3) is 0.562. The summed E-state index contributed by atoms with van der Waals surface area (Å²) in [6, 6.07) is 8.54. The first-order chi connectivity index (χ1) is 9.54. The highest BCUT2D eigenvalue weighted by Gasteiger charge is 2.32. The lowest BCUT2D eigenvalue weighted by molar-refractivity contribution is -0.134. The highest BCUT2D eigenvalue weighted by molar-refractivity contribution is 5.74. The Hall–Kier alpha value is -1.55. The first-order valence-electron chi connectivity index (χ1n) is 7.18. The van der Waals surface area contributed by atoms with Gasteiger partial charge in [-0.2, -0.15) is 0 Å². The Morgan fingerprint density at radius 3 is 2.60 bits per heavy atom. The van der Waals surface area contributed by atoms with Crippen LogP contribution in [-0.4, -0.2) is 48.5 Å². The molecule has 1 fully saturated rings. The summed E-state index contributed by atoms with van der Waals surface area (Å²) >= 11 is 0. The van der Waals surface area contributed by atoms with Crippen molar-refractivity contribution >= 4 is 5.91 Å². The Balaban J connectivity index is 2.34. The largest absolute Gasteiger partial charge is 0.496 e. The summed E-state index contributed by atoms with van der Waals surface area (Å²) in [5.41, 5.74) is 1.09. The van der Waals surface area contributed by atoms with E-state index < -0.39 is 0 Å². The number of rotatable bonds is 3. The Bertz CT molecular complexity index is 473. The Morgan fingerprint density at radius 1 is 1.30 bits per heavy atom. The SMILES string of the molecule is COc1ccccc1[C@@H]1CN(C(C)C)CCN1C(C)=O. The molecule has 4 heteroatoms. The van der Waals surface area contributed by atoms with Crippen LogP contribution < -0.4 is 4.74 Å². The fourth-order valence-corrected chi connectivity index (χ4v) is 2.86. The lowest BCUT2D eigenvalue weighted by atomic mass is 10.00. The molecule has 0 aliphatic carbocycles. The monoisotopic (exact) mass is 276 g/mol. The van der Waals surface area contributed by atoms with Gasteiger partial charge in [0.15, 0.2) is 0 Å². The lowest BCUT2D eigenvalue weighted by Gasteiger charge is -2.43. The molecule has 1 atom stereocenters. The van der Waals surface area contributed by atoms with E-state index in [2.05, 4.69) is 24.8 Å². The number of hydrogen-bond acceptors (Lipinski definition) is 3. The molecule has 1 aromatic carbocycles. The topological polar surface area (TPSA) is 32.8 Å². The number of ether oxygens (including phenoxy) is 1. The molecule has 4 nitrogen and oxygen atoms in total. The van der Waals surface area contributed by atoms with E-state index in [9.17, 15) is 4.79 Å². The molecule has 1 aromatic rings. The number of piperazine rings is 1. The van der Waals surface area contributed by atoms with Crippen molar-refractivity contribution in [3.63, 3.8) is 0 Å². The summed E-state index contributed by atoms with van der Waals surface area (Å²) in [4.78, 5) is 16.3. The third kappa shape index (κ3) is 2.96. The van der Waals surface area contributed by atoms with E-state index in [1.165, 1.54) is 0 Å². The van der Waals surface area contributed by atoms with Gasteiger partial charge in [0.1, 0.15) is 5.75 Å². The zero-order chi connectivity index (χ0) is 14.7. The molecule has 1 saturated heterocycles. The molecule has 0 aromatic heterocycles. The number of nitrogens with zero attached hydrogens (tertiary/aromatic N) is 2. The third-order valence-electron chi connectivity index (χ3n) is 4.04. The van der Waals surface area contributed by atoms with Gasteiger partial charge in [0.2, 0.25) is 5.91 Å². The summed E-state index contributed by atoms with van der Waals surface area (Å²) in [6.45, 7) is 8.61. The van der Waals surface area contributed by atoms with Gasteiger partial charge in [-0.1, -0.05) is 18.2 Å². The number of benzene rings is 1. The van der Waals surface area contributed by atoms with Crippen LogP contribution in [0.3, 0.4) is 0 Å². The zero-order valence-electron chi connectivity index (χ0n) is 12.8. The molecule has 110 valence electrons. The second-order valence-corrected chi connectivity index (χ2v) is 5.56. The van der Waals surface area contributed by atoms with Gasteiger partial charge in [-0.15, -0.1) is 0 Å². The Kier molecular flexibility index (Phi) is 4.65. The fourth-order valence-electron chi connectivity index (χ4n) is 2.86. The van der Waals surface area contributed by atoms with Gasteiger partial charge < -0.3 is 9.64 Å². The summed E-state index contributed by atoms with van der Waals surface area (Å²) in [5.74, 6) is 0.985. The van der Waals surface area contributed by atoms with E-state index in [4.69, 9.17) is 4.74 Å². The van der Waals surface area contributed by atoms with Crippen LogP contribution in [0.4, 0.5) is 0 Å². The van der Waals surface area contributed by atoms with Gasteiger partial charge >= 0.3 is 0 Å². The number of hydrogen-bond donors (Lipinski definition) is 0. The summed E-state index contributed by atoms with van der Waals surface area (Å²) in [7, 11) is 1.68. The highest BCUT2D eigenvalue weighted by Crippen LogP contribution is 2.32. The maximum absolute atomic E-state index is 11.9. The van der Waals surface area contributed by atoms with Crippen LogP contribution in [-0.2, 0) is 4.79 Å². The predicted molar refractivity (Wildman–Crippen MR) is 79.8 cm³/mol. The van der Waals surface area contributed by atoms with Gasteiger partial charge in [-0.3, -0.25) is 9.69 Å². The first kappa shape index (κ1) is 14.9. The quantitative estimate of drug-likeness (QED) is 0.849. The number of carbonyl (C=O) groups is 1.